The molecule has 0 aliphatic heterocycles. The first kappa shape index (κ1) is 15.0. The number of nitrogens with zero attached hydrogens (tertiary/aromatic N) is 2. The highest BCUT2D eigenvalue weighted by molar-refractivity contribution is 5.94. The molecule has 0 aliphatic rings. The fraction of sp³-hybridized carbons (Fsp3) is 0.357. The predicted octanol–water partition coefficient (Wildman–Crippen LogP) is 1.46. The second-order valence-corrected chi connectivity index (χ2v) is 4.66. The number of carbonyl (C=O) groups excluding carboxylic acids is 1. The molecule has 4 N–H and O–H groups in total. The van der Waals surface area contributed by atoms with Crippen molar-refractivity contribution in [3.8, 4) is 0 Å². The number of pyridine rings is 1. The number of rotatable bonds is 5. The first-order chi connectivity index (χ1) is 10.0. The molecule has 0 bridgehead atoms. The summed E-state index contributed by atoms with van der Waals surface area (Å²) in [6, 6.07) is 3.34. The lowest BCUT2D eigenvalue weighted by Crippen LogP contribution is -2.23. The number of hydrazine groups is 1. The van der Waals surface area contributed by atoms with Crippen LogP contribution in [0.4, 0.5) is 5.82 Å². The highest BCUT2D eigenvalue weighted by atomic mass is 16.4. The van der Waals surface area contributed by atoms with E-state index >= 15 is 0 Å². The van der Waals surface area contributed by atoms with Crippen molar-refractivity contribution in [2.75, 3.05) is 5.43 Å². The van der Waals surface area contributed by atoms with Gasteiger partial charge in [0.05, 0.1) is 12.2 Å². The molecule has 0 spiro atoms. The van der Waals surface area contributed by atoms with Crippen LogP contribution in [-0.2, 0) is 13.0 Å². The summed E-state index contributed by atoms with van der Waals surface area (Å²) < 4.78 is 5.42. The van der Waals surface area contributed by atoms with E-state index < -0.39 is 0 Å². The first-order valence-corrected chi connectivity index (χ1v) is 6.72. The minimum absolute atomic E-state index is 0.225. The number of aromatic nitrogens is 2. The normalized spacial score (nSPS) is 10.5. The fourth-order valence-electron chi connectivity index (χ4n) is 1.85. The number of anilines is 1. The zero-order valence-corrected chi connectivity index (χ0v) is 12.4. The number of nitrogens with one attached hydrogen (secondary N) is 2. The van der Waals surface area contributed by atoms with Crippen LogP contribution in [0.15, 0.2) is 16.5 Å². The highest BCUT2D eigenvalue weighted by Gasteiger charge is 2.11. The number of oxazole rings is 1. The lowest BCUT2D eigenvalue weighted by molar-refractivity contribution is 0.0947. The van der Waals surface area contributed by atoms with Crippen LogP contribution < -0.4 is 16.6 Å². The van der Waals surface area contributed by atoms with E-state index in [1.165, 1.54) is 0 Å². The van der Waals surface area contributed by atoms with Gasteiger partial charge in [-0.2, -0.15) is 0 Å². The van der Waals surface area contributed by atoms with E-state index in [1.54, 1.807) is 12.1 Å². The standard InChI is InChI=1S/C14H19N5O2/c1-4-11-5-10(6-12(18-11)19-15)14(20)16-7-13-17-8(2)9(3)21-13/h5-6H,4,7,15H2,1-3H3,(H,16,20)(H,18,19). The molecule has 112 valence electrons. The van der Waals surface area contributed by atoms with Gasteiger partial charge in [-0.25, -0.2) is 15.8 Å². The van der Waals surface area contributed by atoms with Crippen LogP contribution in [0.1, 0.15) is 40.3 Å². The van der Waals surface area contributed by atoms with Gasteiger partial charge in [0.1, 0.15) is 11.6 Å². The van der Waals surface area contributed by atoms with Gasteiger partial charge in [-0.05, 0) is 32.4 Å². The molecule has 21 heavy (non-hydrogen) atoms. The predicted molar refractivity (Wildman–Crippen MR) is 78.6 cm³/mol. The lowest BCUT2D eigenvalue weighted by Gasteiger charge is -2.07. The van der Waals surface area contributed by atoms with Crippen molar-refractivity contribution in [3.63, 3.8) is 0 Å². The minimum atomic E-state index is -0.225. The molecular formula is C14H19N5O2. The number of hydrogen-bond acceptors (Lipinski definition) is 6. The third-order valence-electron chi connectivity index (χ3n) is 3.12. The summed E-state index contributed by atoms with van der Waals surface area (Å²) in [6.07, 6.45) is 0.716. The van der Waals surface area contributed by atoms with E-state index in [9.17, 15) is 4.79 Å². The van der Waals surface area contributed by atoms with Crippen LogP contribution in [0.5, 0.6) is 0 Å². The SMILES string of the molecule is CCc1cc(C(=O)NCc2nc(C)c(C)o2)cc(NN)n1. The Morgan fingerprint density at radius 1 is 1.33 bits per heavy atom. The molecule has 2 aromatic heterocycles. The summed E-state index contributed by atoms with van der Waals surface area (Å²) in [4.78, 5) is 20.6. The zero-order valence-electron chi connectivity index (χ0n) is 12.4. The quantitative estimate of drug-likeness (QED) is 0.568. The maximum atomic E-state index is 12.2. The van der Waals surface area contributed by atoms with E-state index in [0.29, 0.717) is 23.7 Å². The maximum Gasteiger partial charge on any atom is 0.251 e. The lowest BCUT2D eigenvalue weighted by atomic mass is 10.2. The van der Waals surface area contributed by atoms with Crippen LogP contribution in [0.3, 0.4) is 0 Å². The Kier molecular flexibility index (Phi) is 4.54. The molecule has 0 atom stereocenters. The van der Waals surface area contributed by atoms with Gasteiger partial charge < -0.3 is 15.2 Å². The Balaban J connectivity index is 2.09. The van der Waals surface area contributed by atoms with Crippen LogP contribution in [0.25, 0.3) is 0 Å². The van der Waals surface area contributed by atoms with E-state index in [2.05, 4.69) is 20.7 Å². The summed E-state index contributed by atoms with van der Waals surface area (Å²) >= 11 is 0. The van der Waals surface area contributed by atoms with Crippen molar-refractivity contribution in [3.05, 3.63) is 40.7 Å². The van der Waals surface area contributed by atoms with Gasteiger partial charge in [-0.15, -0.1) is 0 Å². The topological polar surface area (TPSA) is 106 Å². The molecule has 1 amide bonds. The average molecular weight is 289 g/mol. The number of amides is 1. The van der Waals surface area contributed by atoms with E-state index in [1.807, 2.05) is 20.8 Å². The van der Waals surface area contributed by atoms with Gasteiger partial charge in [0, 0.05) is 11.3 Å². The van der Waals surface area contributed by atoms with Crippen molar-refractivity contribution >= 4 is 11.7 Å². The van der Waals surface area contributed by atoms with Gasteiger partial charge in [0.15, 0.2) is 0 Å². The number of nitrogens with two attached hydrogens (primary N) is 1. The van der Waals surface area contributed by atoms with Crippen LogP contribution >= 0.6 is 0 Å². The third kappa shape index (κ3) is 3.57. The molecule has 7 nitrogen and oxygen atoms in total. The average Bonchev–Trinajstić information content (AvgIpc) is 2.82. The van der Waals surface area contributed by atoms with Crippen molar-refractivity contribution in [2.45, 2.75) is 33.7 Å². The zero-order chi connectivity index (χ0) is 15.4. The number of aryl methyl sites for hydroxylation is 3. The minimum Gasteiger partial charge on any atom is -0.444 e. The summed E-state index contributed by atoms with van der Waals surface area (Å²) in [5.74, 6) is 6.84. The van der Waals surface area contributed by atoms with E-state index in [4.69, 9.17) is 10.3 Å². The maximum absolute atomic E-state index is 12.2. The molecule has 7 heteroatoms. The van der Waals surface area contributed by atoms with Crippen molar-refractivity contribution < 1.29 is 9.21 Å². The molecule has 0 aromatic carbocycles. The van der Waals surface area contributed by atoms with Gasteiger partial charge >= 0.3 is 0 Å². The molecule has 0 fully saturated rings. The smallest absolute Gasteiger partial charge is 0.251 e. The van der Waals surface area contributed by atoms with Crippen LogP contribution in [-0.4, -0.2) is 15.9 Å². The third-order valence-corrected chi connectivity index (χ3v) is 3.12. The number of nitrogen functional groups attached to an aromatic ring is 1. The second kappa shape index (κ2) is 6.36. The summed E-state index contributed by atoms with van der Waals surface area (Å²) in [6.45, 7) is 5.90. The summed E-state index contributed by atoms with van der Waals surface area (Å²) in [5.41, 5.74) is 4.57. The molecule has 0 unspecified atom stereocenters. The molecule has 0 aliphatic carbocycles. The Bertz CT molecular complexity index is 609. The molecule has 2 aromatic rings. The Morgan fingerprint density at radius 2 is 2.10 bits per heavy atom. The van der Waals surface area contributed by atoms with Gasteiger partial charge in [-0.3, -0.25) is 4.79 Å². The largest absolute Gasteiger partial charge is 0.444 e. The molecular weight excluding hydrogens is 270 g/mol. The number of hydrogen-bond donors (Lipinski definition) is 3. The van der Waals surface area contributed by atoms with Crippen molar-refractivity contribution in [1.82, 2.24) is 15.3 Å². The van der Waals surface area contributed by atoms with Gasteiger partial charge in [0.2, 0.25) is 5.89 Å². The fourth-order valence-corrected chi connectivity index (χ4v) is 1.85. The number of carbonyl (C=O) groups is 1. The Hall–Kier alpha value is -2.41. The molecule has 2 rings (SSSR count). The van der Waals surface area contributed by atoms with E-state index in [-0.39, 0.29) is 12.5 Å². The monoisotopic (exact) mass is 289 g/mol. The highest BCUT2D eigenvalue weighted by Crippen LogP contribution is 2.11. The van der Waals surface area contributed by atoms with Gasteiger partial charge in [-0.1, -0.05) is 6.92 Å². The van der Waals surface area contributed by atoms with Crippen LogP contribution in [0.2, 0.25) is 0 Å². The first-order valence-electron chi connectivity index (χ1n) is 6.72. The Morgan fingerprint density at radius 3 is 2.67 bits per heavy atom. The van der Waals surface area contributed by atoms with Gasteiger partial charge in [0.25, 0.3) is 5.91 Å². The van der Waals surface area contributed by atoms with E-state index in [0.717, 1.165) is 17.1 Å². The molecule has 0 saturated carbocycles. The molecule has 0 radical (unpaired) electrons. The van der Waals surface area contributed by atoms with Crippen molar-refractivity contribution in [1.29, 1.82) is 0 Å². The van der Waals surface area contributed by atoms with Crippen LogP contribution in [0, 0.1) is 13.8 Å². The van der Waals surface area contributed by atoms with Crippen molar-refractivity contribution in [2.24, 2.45) is 5.84 Å². The summed E-state index contributed by atoms with van der Waals surface area (Å²) in [7, 11) is 0. The molecule has 0 saturated heterocycles. The summed E-state index contributed by atoms with van der Waals surface area (Å²) in [5, 5.41) is 2.77. The molecule has 2 heterocycles. The second-order valence-electron chi connectivity index (χ2n) is 4.66. The Labute approximate surface area is 122 Å².